The van der Waals surface area contributed by atoms with E-state index in [4.69, 9.17) is 10.5 Å². The predicted octanol–water partition coefficient (Wildman–Crippen LogP) is 0.729. The molecular formula is C14H29N3O2. The monoisotopic (exact) mass is 271 g/mol. The topological polar surface area (TPSA) is 67.6 Å². The fourth-order valence-corrected chi connectivity index (χ4v) is 2.16. The Bertz CT molecular complexity index is 269. The van der Waals surface area contributed by atoms with Gasteiger partial charge >= 0.3 is 0 Å². The summed E-state index contributed by atoms with van der Waals surface area (Å²) < 4.78 is 5.15. The smallest absolute Gasteiger partial charge is 0.234 e. The van der Waals surface area contributed by atoms with Gasteiger partial charge in [0.15, 0.2) is 0 Å². The van der Waals surface area contributed by atoms with E-state index in [-0.39, 0.29) is 11.9 Å². The van der Waals surface area contributed by atoms with Crippen molar-refractivity contribution >= 4 is 5.91 Å². The molecule has 1 rings (SSSR count). The van der Waals surface area contributed by atoms with Gasteiger partial charge in [0, 0.05) is 32.3 Å². The van der Waals surface area contributed by atoms with E-state index in [1.807, 2.05) is 0 Å². The van der Waals surface area contributed by atoms with Gasteiger partial charge in [-0.3, -0.25) is 9.69 Å². The molecule has 0 aromatic carbocycles. The van der Waals surface area contributed by atoms with E-state index in [2.05, 4.69) is 24.1 Å². The van der Waals surface area contributed by atoms with Gasteiger partial charge in [0.1, 0.15) is 0 Å². The van der Waals surface area contributed by atoms with Crippen LogP contribution in [0.3, 0.4) is 0 Å². The maximum absolute atomic E-state index is 11.4. The highest BCUT2D eigenvalue weighted by Gasteiger charge is 2.27. The number of carbonyl (C=O) groups excluding carboxylic acids is 1. The Labute approximate surface area is 116 Å². The summed E-state index contributed by atoms with van der Waals surface area (Å²) in [4.78, 5) is 13.8. The minimum absolute atomic E-state index is 0.193. The second-order valence-electron chi connectivity index (χ2n) is 5.47. The first-order valence-electron chi connectivity index (χ1n) is 7.36. The van der Waals surface area contributed by atoms with Crippen LogP contribution in [0.25, 0.3) is 0 Å². The summed E-state index contributed by atoms with van der Waals surface area (Å²) in [5, 5.41) is 3.33. The number of ether oxygens (including phenoxy) is 1. The second kappa shape index (κ2) is 8.51. The van der Waals surface area contributed by atoms with Gasteiger partial charge in [-0.25, -0.2) is 0 Å². The van der Waals surface area contributed by atoms with E-state index in [0.717, 1.165) is 32.5 Å². The Morgan fingerprint density at radius 1 is 1.47 bits per heavy atom. The Morgan fingerprint density at radius 3 is 2.63 bits per heavy atom. The molecule has 0 aromatic rings. The Morgan fingerprint density at radius 2 is 2.16 bits per heavy atom. The summed E-state index contributed by atoms with van der Waals surface area (Å²) in [5.41, 5.74) is 5.46. The van der Waals surface area contributed by atoms with Crippen molar-refractivity contribution in [1.29, 1.82) is 0 Å². The van der Waals surface area contributed by atoms with E-state index in [1.54, 1.807) is 7.11 Å². The molecule has 0 aliphatic heterocycles. The molecule has 3 N–H and O–H groups in total. The second-order valence-corrected chi connectivity index (χ2v) is 5.47. The van der Waals surface area contributed by atoms with Crippen molar-refractivity contribution in [3.63, 3.8) is 0 Å². The number of hydrogen-bond acceptors (Lipinski definition) is 4. The van der Waals surface area contributed by atoms with E-state index in [1.165, 1.54) is 12.8 Å². The van der Waals surface area contributed by atoms with Crippen LogP contribution in [0.15, 0.2) is 0 Å². The summed E-state index contributed by atoms with van der Waals surface area (Å²) >= 11 is 0. The number of nitrogens with one attached hydrogen (secondary N) is 1. The van der Waals surface area contributed by atoms with Crippen LogP contribution in [-0.4, -0.2) is 55.7 Å². The normalized spacial score (nSPS) is 18.5. The number of nitrogens with two attached hydrogens (primary N) is 1. The van der Waals surface area contributed by atoms with Crippen molar-refractivity contribution in [3.05, 3.63) is 0 Å². The Kier molecular flexibility index (Phi) is 7.34. The van der Waals surface area contributed by atoms with Crippen LogP contribution in [0, 0.1) is 0 Å². The predicted molar refractivity (Wildman–Crippen MR) is 77.0 cm³/mol. The highest BCUT2D eigenvalue weighted by atomic mass is 16.5. The van der Waals surface area contributed by atoms with E-state index in [9.17, 15) is 4.79 Å². The highest BCUT2D eigenvalue weighted by Crippen LogP contribution is 2.20. The molecule has 0 spiro atoms. The molecule has 19 heavy (non-hydrogen) atoms. The summed E-state index contributed by atoms with van der Waals surface area (Å²) in [6.45, 7) is 6.90. The van der Waals surface area contributed by atoms with Gasteiger partial charge in [-0.15, -0.1) is 0 Å². The zero-order chi connectivity index (χ0) is 14.3. The minimum atomic E-state index is -0.234. The van der Waals surface area contributed by atoms with Gasteiger partial charge in [-0.05, 0) is 32.6 Å². The van der Waals surface area contributed by atoms with Gasteiger partial charge in [0.25, 0.3) is 0 Å². The fourth-order valence-electron chi connectivity index (χ4n) is 2.16. The molecule has 112 valence electrons. The lowest BCUT2D eigenvalue weighted by molar-refractivity contribution is -0.120. The molecule has 0 heterocycles. The molecule has 2 unspecified atom stereocenters. The number of methoxy groups -OCH3 is 1. The van der Waals surface area contributed by atoms with Crippen molar-refractivity contribution in [2.24, 2.45) is 5.73 Å². The molecule has 2 atom stereocenters. The first-order chi connectivity index (χ1) is 9.08. The SMILES string of the molecule is CCC(C)N(CCOC)CCC(NC1CC1)C(N)=O. The third-order valence-corrected chi connectivity index (χ3v) is 3.86. The summed E-state index contributed by atoms with van der Waals surface area (Å²) in [7, 11) is 1.72. The van der Waals surface area contributed by atoms with Crippen molar-refractivity contribution in [2.75, 3.05) is 26.8 Å². The van der Waals surface area contributed by atoms with Crippen LogP contribution in [-0.2, 0) is 9.53 Å². The molecule has 1 aliphatic rings. The summed E-state index contributed by atoms with van der Waals surface area (Å²) in [5.74, 6) is -0.234. The molecule has 1 saturated carbocycles. The van der Waals surface area contributed by atoms with E-state index >= 15 is 0 Å². The zero-order valence-corrected chi connectivity index (χ0v) is 12.5. The molecule has 0 saturated heterocycles. The van der Waals surface area contributed by atoms with E-state index < -0.39 is 0 Å². The average molecular weight is 271 g/mol. The minimum Gasteiger partial charge on any atom is -0.383 e. The first kappa shape index (κ1) is 16.4. The van der Waals surface area contributed by atoms with Gasteiger partial charge in [0.05, 0.1) is 12.6 Å². The maximum atomic E-state index is 11.4. The lowest BCUT2D eigenvalue weighted by Crippen LogP contribution is -2.46. The lowest BCUT2D eigenvalue weighted by Gasteiger charge is -2.29. The van der Waals surface area contributed by atoms with Gasteiger partial charge in [-0.1, -0.05) is 6.92 Å². The Hall–Kier alpha value is -0.650. The van der Waals surface area contributed by atoms with Crippen LogP contribution in [0.1, 0.15) is 39.5 Å². The third kappa shape index (κ3) is 6.36. The fraction of sp³-hybridized carbons (Fsp3) is 0.929. The highest BCUT2D eigenvalue weighted by molar-refractivity contribution is 5.79. The van der Waals surface area contributed by atoms with Crippen LogP contribution in [0.4, 0.5) is 0 Å². The largest absolute Gasteiger partial charge is 0.383 e. The third-order valence-electron chi connectivity index (χ3n) is 3.86. The number of carbonyl (C=O) groups is 1. The van der Waals surface area contributed by atoms with Crippen molar-refractivity contribution in [1.82, 2.24) is 10.2 Å². The zero-order valence-electron chi connectivity index (χ0n) is 12.5. The van der Waals surface area contributed by atoms with Gasteiger partial charge < -0.3 is 15.8 Å². The molecule has 0 radical (unpaired) electrons. The van der Waals surface area contributed by atoms with Crippen LogP contribution >= 0.6 is 0 Å². The molecule has 1 fully saturated rings. The van der Waals surface area contributed by atoms with Crippen LogP contribution in [0.5, 0.6) is 0 Å². The Balaban J connectivity index is 2.39. The van der Waals surface area contributed by atoms with Crippen LogP contribution in [0.2, 0.25) is 0 Å². The number of primary amides is 1. The van der Waals surface area contributed by atoms with Crippen molar-refractivity contribution < 1.29 is 9.53 Å². The van der Waals surface area contributed by atoms with Gasteiger partial charge in [0.2, 0.25) is 5.91 Å². The quantitative estimate of drug-likeness (QED) is 0.581. The molecule has 0 bridgehead atoms. The molecule has 5 heteroatoms. The summed E-state index contributed by atoms with van der Waals surface area (Å²) in [6, 6.07) is 0.819. The molecule has 1 aliphatic carbocycles. The standard InChI is InChI=1S/C14H29N3O2/c1-4-11(2)17(9-10-19-3)8-7-13(14(15)18)16-12-5-6-12/h11-13,16H,4-10H2,1-3H3,(H2,15,18). The summed E-state index contributed by atoms with van der Waals surface area (Å²) in [6.07, 6.45) is 4.21. The number of nitrogens with zero attached hydrogens (tertiary/aromatic N) is 1. The maximum Gasteiger partial charge on any atom is 0.234 e. The molecule has 0 aromatic heterocycles. The molecule has 5 nitrogen and oxygen atoms in total. The van der Waals surface area contributed by atoms with E-state index in [0.29, 0.717) is 12.1 Å². The van der Waals surface area contributed by atoms with Crippen LogP contribution < -0.4 is 11.1 Å². The first-order valence-corrected chi connectivity index (χ1v) is 7.36. The van der Waals surface area contributed by atoms with Crippen molar-refractivity contribution in [2.45, 2.75) is 57.7 Å². The number of rotatable bonds is 11. The molecular weight excluding hydrogens is 242 g/mol. The lowest BCUT2D eigenvalue weighted by atomic mass is 10.1. The number of amides is 1. The average Bonchev–Trinajstić information content (AvgIpc) is 3.20. The number of hydrogen-bond donors (Lipinski definition) is 2. The van der Waals surface area contributed by atoms with Gasteiger partial charge in [-0.2, -0.15) is 0 Å². The molecule has 1 amide bonds. The van der Waals surface area contributed by atoms with Crippen molar-refractivity contribution in [3.8, 4) is 0 Å².